The number of esters is 1. The Morgan fingerprint density at radius 2 is 1.62 bits per heavy atom. The number of fused-ring (bicyclic) bond motifs is 4. The molecular weight excluding hydrogens is 608 g/mol. The molecule has 47 heavy (non-hydrogen) atoms. The van der Waals surface area contributed by atoms with E-state index in [0.717, 1.165) is 0 Å². The highest BCUT2D eigenvalue weighted by Crippen LogP contribution is 2.69. The first-order valence-corrected chi connectivity index (χ1v) is 16.4. The minimum absolute atomic E-state index is 0.0258. The maximum Gasteiger partial charge on any atom is 0.330 e. The number of allylic oxidation sites excluding steroid dienone is 3. The fourth-order valence-electron chi connectivity index (χ4n) is 9.49. The van der Waals surface area contributed by atoms with Crippen molar-refractivity contribution in [3.05, 3.63) is 22.8 Å². The highest BCUT2D eigenvalue weighted by molar-refractivity contribution is 6.16. The predicted molar refractivity (Wildman–Crippen MR) is 168 cm³/mol. The minimum Gasteiger partial charge on any atom is -0.481 e. The summed E-state index contributed by atoms with van der Waals surface area (Å²) in [6.45, 7) is 11.5. The largest absolute Gasteiger partial charge is 0.481 e. The number of carbonyl (C=O) groups excluding carboxylic acids is 5. The molecule has 2 fully saturated rings. The lowest BCUT2D eigenvalue weighted by molar-refractivity contribution is -0.164. The van der Waals surface area contributed by atoms with Crippen LogP contribution in [-0.4, -0.2) is 68.6 Å². The van der Waals surface area contributed by atoms with Crippen LogP contribution >= 0.6 is 0 Å². The molecule has 2 unspecified atom stereocenters. The number of aliphatic carboxylic acids is 2. The molecule has 0 bridgehead atoms. The van der Waals surface area contributed by atoms with Gasteiger partial charge in [-0.3, -0.25) is 28.8 Å². The van der Waals surface area contributed by atoms with Gasteiger partial charge in [0.15, 0.2) is 11.6 Å². The van der Waals surface area contributed by atoms with Crippen molar-refractivity contribution in [3.63, 3.8) is 0 Å². The summed E-state index contributed by atoms with van der Waals surface area (Å²) in [5.74, 6) is -4.98. The van der Waals surface area contributed by atoms with Gasteiger partial charge in [0.05, 0.1) is 29.3 Å². The Morgan fingerprint density at radius 3 is 2.21 bits per heavy atom. The normalized spacial score (nSPS) is 35.9. The number of Topliss-reactive ketones (excluding diaryl/α,β-unsaturated/α-hetero) is 4. The minimum atomic E-state index is -1.86. The number of aliphatic hydroxyl groups is 1. The van der Waals surface area contributed by atoms with Crippen LogP contribution in [0.15, 0.2) is 22.8 Å². The van der Waals surface area contributed by atoms with Crippen molar-refractivity contribution in [2.45, 2.75) is 112 Å². The molecule has 0 aromatic rings. The standard InChI is InChI=1S/C36H48O11/c1-19(9-8-10-20(2)31(44)45)21-13-26(40)36(7)30-22(37)14-24-33(4,29(30)23(38)15-35(21,36)6)12-11-25(39)34(24,5)18-47-28(43)17-32(3,46)16-27(41)42/h10,19,21,24,46H,8-9,11-18H2,1-7H3,(H,41,42)(H,44,45)/b20-10+/t19-,21-,24?,32?,33+,34+,35-,36+/m1/s1. The zero-order valence-electron chi connectivity index (χ0n) is 28.5. The Morgan fingerprint density at radius 1 is 0.979 bits per heavy atom. The second-order valence-electron chi connectivity index (χ2n) is 15.7. The molecule has 0 aromatic heterocycles. The van der Waals surface area contributed by atoms with Gasteiger partial charge in [-0.05, 0) is 70.1 Å². The van der Waals surface area contributed by atoms with Gasteiger partial charge in [-0.25, -0.2) is 4.79 Å². The summed E-state index contributed by atoms with van der Waals surface area (Å²) >= 11 is 0. The predicted octanol–water partition coefficient (Wildman–Crippen LogP) is 4.43. The second-order valence-corrected chi connectivity index (χ2v) is 15.7. The van der Waals surface area contributed by atoms with Gasteiger partial charge in [0.2, 0.25) is 0 Å². The Balaban J connectivity index is 1.67. The summed E-state index contributed by atoms with van der Waals surface area (Å²) in [5, 5.41) is 28.5. The molecule has 0 aromatic carbocycles. The maximum absolute atomic E-state index is 14.3. The zero-order chi connectivity index (χ0) is 35.5. The van der Waals surface area contributed by atoms with Crippen LogP contribution < -0.4 is 0 Å². The smallest absolute Gasteiger partial charge is 0.330 e. The van der Waals surface area contributed by atoms with Crippen LogP contribution in [-0.2, 0) is 38.3 Å². The molecule has 11 nitrogen and oxygen atoms in total. The van der Waals surface area contributed by atoms with E-state index in [2.05, 4.69) is 0 Å². The number of carbonyl (C=O) groups is 7. The lowest BCUT2D eigenvalue weighted by atomic mass is 9.42. The fraction of sp³-hybridized carbons (Fsp3) is 0.694. The van der Waals surface area contributed by atoms with Gasteiger partial charge in [-0.15, -0.1) is 0 Å². The van der Waals surface area contributed by atoms with Crippen molar-refractivity contribution in [3.8, 4) is 0 Å². The molecule has 2 saturated carbocycles. The van der Waals surface area contributed by atoms with Gasteiger partial charge in [0, 0.05) is 47.8 Å². The van der Waals surface area contributed by atoms with Gasteiger partial charge in [-0.1, -0.05) is 26.8 Å². The van der Waals surface area contributed by atoms with Gasteiger partial charge in [0.1, 0.15) is 18.2 Å². The average molecular weight is 657 g/mol. The Labute approximate surface area is 275 Å². The molecular formula is C36H48O11. The van der Waals surface area contributed by atoms with E-state index in [-0.39, 0.29) is 71.8 Å². The van der Waals surface area contributed by atoms with Crippen LogP contribution in [0.4, 0.5) is 0 Å². The SMILES string of the molecule is C/C(=C\CC[C@@H](C)[C@H]1CC(=O)[C@@]2(C)C3=C(C(=O)C[C@]12C)[C@@]1(C)CCC(=O)[C@@](C)(COC(=O)CC(C)(O)CC(=O)O)C1CC3=O)C(=O)O. The highest BCUT2D eigenvalue weighted by atomic mass is 16.5. The molecule has 0 spiro atoms. The molecule has 0 heterocycles. The molecule has 0 amide bonds. The summed E-state index contributed by atoms with van der Waals surface area (Å²) < 4.78 is 5.47. The van der Waals surface area contributed by atoms with Crippen LogP contribution in [0, 0.1) is 39.4 Å². The number of ketones is 4. The maximum atomic E-state index is 14.3. The van der Waals surface area contributed by atoms with Gasteiger partial charge >= 0.3 is 17.9 Å². The molecule has 4 rings (SSSR count). The third-order valence-electron chi connectivity index (χ3n) is 12.5. The summed E-state index contributed by atoms with van der Waals surface area (Å²) in [6.07, 6.45) is 2.01. The fourth-order valence-corrected chi connectivity index (χ4v) is 9.49. The first-order valence-electron chi connectivity index (χ1n) is 16.4. The first-order chi connectivity index (χ1) is 21.5. The van der Waals surface area contributed by atoms with E-state index in [4.69, 9.17) is 9.84 Å². The monoisotopic (exact) mass is 656 g/mol. The number of carboxylic acids is 2. The molecule has 0 aliphatic heterocycles. The molecule has 4 aliphatic carbocycles. The van der Waals surface area contributed by atoms with E-state index < -0.39 is 70.5 Å². The van der Waals surface area contributed by atoms with Gasteiger partial charge < -0.3 is 20.1 Å². The van der Waals surface area contributed by atoms with Crippen LogP contribution in [0.3, 0.4) is 0 Å². The van der Waals surface area contributed by atoms with Crippen LogP contribution in [0.1, 0.15) is 106 Å². The van der Waals surface area contributed by atoms with Crippen molar-refractivity contribution in [2.24, 2.45) is 39.4 Å². The zero-order valence-corrected chi connectivity index (χ0v) is 28.5. The van der Waals surface area contributed by atoms with E-state index in [9.17, 15) is 43.8 Å². The summed E-state index contributed by atoms with van der Waals surface area (Å²) in [7, 11) is 0. The molecule has 4 aliphatic rings. The van der Waals surface area contributed by atoms with Crippen molar-refractivity contribution in [2.75, 3.05) is 6.61 Å². The van der Waals surface area contributed by atoms with Crippen molar-refractivity contribution >= 4 is 41.0 Å². The number of carboxylic acid groups (broad SMARTS) is 2. The number of hydrogen-bond acceptors (Lipinski definition) is 9. The number of rotatable bonds is 11. The van der Waals surface area contributed by atoms with Crippen molar-refractivity contribution in [1.29, 1.82) is 0 Å². The Kier molecular flexibility index (Phi) is 9.44. The van der Waals surface area contributed by atoms with Crippen LogP contribution in [0.2, 0.25) is 0 Å². The van der Waals surface area contributed by atoms with E-state index in [1.807, 2.05) is 20.8 Å². The van der Waals surface area contributed by atoms with Crippen molar-refractivity contribution in [1.82, 2.24) is 0 Å². The van der Waals surface area contributed by atoms with E-state index in [0.29, 0.717) is 24.8 Å². The third kappa shape index (κ3) is 5.93. The summed E-state index contributed by atoms with van der Waals surface area (Å²) in [6, 6.07) is 0. The lowest BCUT2D eigenvalue weighted by Crippen LogP contribution is -2.60. The van der Waals surface area contributed by atoms with E-state index >= 15 is 0 Å². The molecule has 0 saturated heterocycles. The highest BCUT2D eigenvalue weighted by Gasteiger charge is 2.71. The topological polar surface area (TPSA) is 189 Å². The average Bonchev–Trinajstić information content (AvgIpc) is 3.15. The Bertz CT molecular complexity index is 1500. The molecule has 8 atom stereocenters. The van der Waals surface area contributed by atoms with Gasteiger partial charge in [-0.2, -0.15) is 0 Å². The van der Waals surface area contributed by atoms with Crippen LogP contribution in [0.5, 0.6) is 0 Å². The van der Waals surface area contributed by atoms with Crippen molar-refractivity contribution < 1.29 is 53.6 Å². The van der Waals surface area contributed by atoms with E-state index in [1.165, 1.54) is 13.8 Å². The molecule has 0 radical (unpaired) electrons. The number of hydrogen-bond donors (Lipinski definition) is 3. The van der Waals surface area contributed by atoms with Gasteiger partial charge in [0.25, 0.3) is 0 Å². The first kappa shape index (κ1) is 36.4. The van der Waals surface area contributed by atoms with Crippen LogP contribution in [0.25, 0.3) is 0 Å². The summed E-state index contributed by atoms with van der Waals surface area (Å²) in [4.78, 5) is 91.2. The molecule has 11 heteroatoms. The lowest BCUT2D eigenvalue weighted by Gasteiger charge is -2.58. The Hall–Kier alpha value is -3.47. The second kappa shape index (κ2) is 12.2. The quantitative estimate of drug-likeness (QED) is 0.211. The van der Waals surface area contributed by atoms with E-state index in [1.54, 1.807) is 19.9 Å². The molecule has 258 valence electrons. The summed E-state index contributed by atoms with van der Waals surface area (Å²) in [5.41, 5.74) is -5.37. The molecule has 3 N–H and O–H groups in total. The number of ether oxygens (including phenoxy) is 1. The third-order valence-corrected chi connectivity index (χ3v) is 12.5.